The van der Waals surface area contributed by atoms with E-state index in [4.69, 9.17) is 5.11 Å². The molecule has 1 aromatic carbocycles. The van der Waals surface area contributed by atoms with E-state index in [0.717, 1.165) is 0 Å². The average Bonchev–Trinajstić information content (AvgIpc) is 2.04. The zero-order valence-electron chi connectivity index (χ0n) is 6.07. The molecule has 60 valence electrons. The molecule has 0 atom stereocenters. The molecule has 0 spiro atoms. The summed E-state index contributed by atoms with van der Waals surface area (Å²) in [5.74, 6) is -0.581. The van der Waals surface area contributed by atoms with Crippen molar-refractivity contribution in [2.24, 2.45) is 0 Å². The predicted octanol–water partition coefficient (Wildman–Crippen LogP) is 0.530. The molecule has 3 nitrogen and oxygen atoms in total. The van der Waals surface area contributed by atoms with Crippen LogP contribution in [0.4, 0.5) is 0 Å². The molecule has 1 N–H and O–H groups in total. The molecule has 0 unspecified atom stereocenters. The van der Waals surface area contributed by atoms with Crippen LogP contribution in [-0.4, -0.2) is 37.0 Å². The zero-order valence-corrected chi connectivity index (χ0v) is 6.07. The van der Waals surface area contributed by atoms with Gasteiger partial charge in [-0.25, -0.2) is 4.79 Å². The number of hydrogen-bond donors (Lipinski definition) is 1. The van der Waals surface area contributed by atoms with Crippen molar-refractivity contribution < 1.29 is 14.6 Å². The molecule has 0 fully saturated rings. The molecule has 0 aliphatic carbocycles. The van der Waals surface area contributed by atoms with Crippen LogP contribution in [-0.2, 0) is 4.74 Å². The van der Waals surface area contributed by atoms with Gasteiger partial charge in [0.25, 0.3) is 0 Å². The summed E-state index contributed by atoms with van der Waals surface area (Å²) >= 11 is 0. The summed E-state index contributed by atoms with van der Waals surface area (Å²) < 4.78 is 4.42. The number of esters is 1. The van der Waals surface area contributed by atoms with E-state index in [1.54, 1.807) is 12.1 Å². The second-order valence-electron chi connectivity index (χ2n) is 2.01. The number of carbonyl (C=O) groups excluding carboxylic acids is 1. The number of phenols is 1. The van der Waals surface area contributed by atoms with Gasteiger partial charge >= 0.3 is 24.8 Å². The van der Waals surface area contributed by atoms with Crippen molar-refractivity contribution in [2.45, 2.75) is 0 Å². The van der Waals surface area contributed by atoms with Gasteiger partial charge in [-0.2, -0.15) is 0 Å². The quantitative estimate of drug-likeness (QED) is 0.481. The Hall–Kier alpha value is -0.913. The van der Waals surface area contributed by atoms with Crippen molar-refractivity contribution in [3.05, 3.63) is 29.8 Å². The molecule has 12 heavy (non-hydrogen) atoms. The van der Waals surface area contributed by atoms with E-state index >= 15 is 0 Å². The Balaban J connectivity index is 0.00000121. The third-order valence-electron chi connectivity index (χ3n) is 1.31. The van der Waals surface area contributed by atoms with Crippen molar-refractivity contribution in [2.75, 3.05) is 7.11 Å². The molecule has 0 saturated heterocycles. The summed E-state index contributed by atoms with van der Waals surface area (Å²) in [6, 6.07) is 6.24. The van der Waals surface area contributed by atoms with Gasteiger partial charge in [0.05, 0.1) is 7.11 Å². The Morgan fingerprint density at radius 1 is 1.42 bits per heavy atom. The number of carbonyl (C=O) groups is 1. The SMILES string of the molecule is COC(=O)c1ccccc1O.[LiH]. The molecule has 0 heterocycles. The fraction of sp³-hybridized carbons (Fsp3) is 0.125. The fourth-order valence-corrected chi connectivity index (χ4v) is 0.756. The van der Waals surface area contributed by atoms with Crippen molar-refractivity contribution in [3.8, 4) is 5.75 Å². The third kappa shape index (κ3) is 2.30. The van der Waals surface area contributed by atoms with Gasteiger partial charge in [-0.1, -0.05) is 12.1 Å². The van der Waals surface area contributed by atoms with Crippen LogP contribution in [0.3, 0.4) is 0 Å². The summed E-state index contributed by atoms with van der Waals surface area (Å²) in [6.45, 7) is 0. The van der Waals surface area contributed by atoms with Crippen LogP contribution < -0.4 is 0 Å². The Kier molecular flexibility index (Phi) is 4.49. The fourth-order valence-electron chi connectivity index (χ4n) is 0.756. The molecule has 0 aliphatic heterocycles. The normalized spacial score (nSPS) is 8.42. The van der Waals surface area contributed by atoms with E-state index in [2.05, 4.69) is 4.74 Å². The monoisotopic (exact) mass is 160 g/mol. The topological polar surface area (TPSA) is 46.5 Å². The molecule has 0 radical (unpaired) electrons. The second kappa shape index (κ2) is 4.86. The number of para-hydroxylation sites is 1. The number of phenolic OH excluding ortho intramolecular Hbond substituents is 1. The molecule has 0 aromatic heterocycles. The summed E-state index contributed by atoms with van der Waals surface area (Å²) in [5, 5.41) is 9.11. The van der Waals surface area contributed by atoms with E-state index in [1.807, 2.05) is 0 Å². The summed E-state index contributed by atoms with van der Waals surface area (Å²) in [7, 11) is 1.27. The molecule has 0 saturated carbocycles. The molecule has 0 bridgehead atoms. The number of benzene rings is 1. The van der Waals surface area contributed by atoms with E-state index < -0.39 is 5.97 Å². The van der Waals surface area contributed by atoms with Gasteiger partial charge < -0.3 is 9.84 Å². The van der Waals surface area contributed by atoms with E-state index in [-0.39, 0.29) is 30.2 Å². The predicted molar refractivity (Wildman–Crippen MR) is 46.6 cm³/mol. The molecular weight excluding hydrogens is 151 g/mol. The van der Waals surface area contributed by atoms with Gasteiger partial charge in [-0.05, 0) is 12.1 Å². The first-order valence-electron chi connectivity index (χ1n) is 3.12. The number of rotatable bonds is 1. The van der Waals surface area contributed by atoms with Crippen molar-refractivity contribution in [1.29, 1.82) is 0 Å². The minimum absolute atomic E-state index is 0. The molecule has 0 aliphatic rings. The summed E-state index contributed by atoms with van der Waals surface area (Å²) in [6.07, 6.45) is 0. The van der Waals surface area contributed by atoms with Crippen LogP contribution in [0.5, 0.6) is 5.75 Å². The van der Waals surface area contributed by atoms with Gasteiger partial charge in [0.15, 0.2) is 0 Å². The molecule has 4 heteroatoms. The second-order valence-corrected chi connectivity index (χ2v) is 2.01. The number of hydrogen-bond acceptors (Lipinski definition) is 3. The van der Waals surface area contributed by atoms with Crippen molar-refractivity contribution >= 4 is 24.8 Å². The van der Waals surface area contributed by atoms with Gasteiger partial charge in [-0.15, -0.1) is 0 Å². The van der Waals surface area contributed by atoms with E-state index in [0.29, 0.717) is 0 Å². The van der Waals surface area contributed by atoms with E-state index in [1.165, 1.54) is 19.2 Å². The maximum absolute atomic E-state index is 10.9. The third-order valence-corrected chi connectivity index (χ3v) is 1.31. The van der Waals surface area contributed by atoms with Gasteiger partial charge in [-0.3, -0.25) is 0 Å². The Bertz CT molecular complexity index is 273. The average molecular weight is 160 g/mol. The Labute approximate surface area is 82.5 Å². The molecule has 1 aromatic rings. The first-order chi connectivity index (χ1) is 5.25. The number of aromatic hydroxyl groups is 1. The maximum atomic E-state index is 10.9. The van der Waals surface area contributed by atoms with Crippen LogP contribution in [0, 0.1) is 0 Å². The van der Waals surface area contributed by atoms with Crippen LogP contribution in [0.1, 0.15) is 10.4 Å². The zero-order chi connectivity index (χ0) is 8.27. The number of ether oxygens (including phenoxy) is 1. The van der Waals surface area contributed by atoms with Gasteiger partial charge in [0.2, 0.25) is 0 Å². The minimum atomic E-state index is -0.525. The van der Waals surface area contributed by atoms with Crippen LogP contribution in [0.25, 0.3) is 0 Å². The Morgan fingerprint density at radius 2 is 2.00 bits per heavy atom. The molecular formula is C8H9LiO3. The van der Waals surface area contributed by atoms with Crippen molar-refractivity contribution in [3.63, 3.8) is 0 Å². The first kappa shape index (κ1) is 11.1. The van der Waals surface area contributed by atoms with Crippen molar-refractivity contribution in [1.82, 2.24) is 0 Å². The van der Waals surface area contributed by atoms with Gasteiger partial charge in [0, 0.05) is 0 Å². The number of methoxy groups -OCH3 is 1. The molecule has 1 rings (SSSR count). The van der Waals surface area contributed by atoms with Crippen LogP contribution in [0.2, 0.25) is 0 Å². The van der Waals surface area contributed by atoms with Crippen LogP contribution >= 0.6 is 0 Å². The molecule has 0 amide bonds. The summed E-state index contributed by atoms with van der Waals surface area (Å²) in [5.41, 5.74) is 0.190. The van der Waals surface area contributed by atoms with Gasteiger partial charge in [0.1, 0.15) is 11.3 Å². The van der Waals surface area contributed by atoms with E-state index in [9.17, 15) is 4.79 Å². The summed E-state index contributed by atoms with van der Waals surface area (Å²) in [4.78, 5) is 10.9. The van der Waals surface area contributed by atoms with Crippen LogP contribution in [0.15, 0.2) is 24.3 Å². The Morgan fingerprint density at radius 3 is 2.50 bits per heavy atom. The first-order valence-corrected chi connectivity index (χ1v) is 3.12. The standard InChI is InChI=1S/C8H8O3.Li.H/c1-11-8(10)6-4-2-3-5-7(6)9;;/h2-5,9H,1H3;;.